The van der Waals surface area contributed by atoms with E-state index in [1.165, 1.54) is 7.11 Å². The molecule has 0 spiro atoms. The third-order valence-corrected chi connectivity index (χ3v) is 2.48. The van der Waals surface area contributed by atoms with E-state index in [1.54, 1.807) is 30.6 Å². The first-order valence-corrected chi connectivity index (χ1v) is 5.40. The Morgan fingerprint density at radius 3 is 3.06 bits per heavy atom. The molecule has 0 saturated carbocycles. The van der Waals surface area contributed by atoms with E-state index in [9.17, 15) is 4.79 Å². The molecule has 0 aliphatic heterocycles. The third-order valence-electron chi connectivity index (χ3n) is 2.48. The Bertz CT molecular complexity index is 537. The van der Waals surface area contributed by atoms with E-state index < -0.39 is 0 Å². The average molecular weight is 246 g/mol. The zero-order valence-electron chi connectivity index (χ0n) is 9.93. The molecule has 6 nitrogen and oxygen atoms in total. The van der Waals surface area contributed by atoms with E-state index in [2.05, 4.69) is 15.3 Å². The molecule has 4 N–H and O–H groups in total. The van der Waals surface area contributed by atoms with Crippen LogP contribution in [0.15, 0.2) is 30.6 Å². The zero-order chi connectivity index (χ0) is 13.0. The van der Waals surface area contributed by atoms with Crippen molar-refractivity contribution in [1.82, 2.24) is 15.3 Å². The lowest BCUT2D eigenvalue weighted by molar-refractivity contribution is 0.0950. The van der Waals surface area contributed by atoms with E-state index in [0.717, 1.165) is 0 Å². The largest absolute Gasteiger partial charge is 0.497 e. The molecule has 1 amide bonds. The van der Waals surface area contributed by atoms with Gasteiger partial charge in [0, 0.05) is 18.1 Å². The van der Waals surface area contributed by atoms with Gasteiger partial charge in [-0.3, -0.25) is 4.79 Å². The number of nitrogens with zero attached hydrogens (tertiary/aromatic N) is 1. The fourth-order valence-electron chi connectivity index (χ4n) is 1.51. The molecule has 0 aliphatic rings. The van der Waals surface area contributed by atoms with Gasteiger partial charge in [0.2, 0.25) is 0 Å². The number of hydrogen-bond donors (Lipinski definition) is 3. The van der Waals surface area contributed by atoms with E-state index in [0.29, 0.717) is 29.4 Å². The first kappa shape index (κ1) is 12.0. The van der Waals surface area contributed by atoms with Crippen molar-refractivity contribution in [2.75, 3.05) is 12.8 Å². The highest BCUT2D eigenvalue weighted by atomic mass is 16.5. The standard InChI is InChI=1S/C12H14N4O2/c1-18-8-2-3-10(13)9(6-8)12(17)16-7-11-14-4-5-15-11/h2-6H,7,13H2,1H3,(H,14,15)(H,16,17). The number of nitrogens with two attached hydrogens (primary N) is 1. The molecular weight excluding hydrogens is 232 g/mol. The minimum absolute atomic E-state index is 0.261. The number of nitrogen functional groups attached to an aromatic ring is 1. The lowest BCUT2D eigenvalue weighted by atomic mass is 10.1. The molecule has 1 heterocycles. The van der Waals surface area contributed by atoms with Crippen molar-refractivity contribution in [3.05, 3.63) is 42.0 Å². The number of imidazole rings is 1. The molecule has 0 atom stereocenters. The maximum absolute atomic E-state index is 11.9. The summed E-state index contributed by atoms with van der Waals surface area (Å²) < 4.78 is 5.06. The summed E-state index contributed by atoms with van der Waals surface area (Å²) >= 11 is 0. The van der Waals surface area contributed by atoms with Gasteiger partial charge in [-0.2, -0.15) is 0 Å². The van der Waals surface area contributed by atoms with Crippen molar-refractivity contribution in [1.29, 1.82) is 0 Å². The Kier molecular flexibility index (Phi) is 3.47. The first-order chi connectivity index (χ1) is 8.70. The van der Waals surface area contributed by atoms with Crippen LogP contribution in [0.1, 0.15) is 16.2 Å². The molecule has 1 aromatic carbocycles. The van der Waals surface area contributed by atoms with Crippen LogP contribution in [0.2, 0.25) is 0 Å². The fourth-order valence-corrected chi connectivity index (χ4v) is 1.51. The van der Waals surface area contributed by atoms with Crippen LogP contribution in [-0.2, 0) is 6.54 Å². The molecular formula is C12H14N4O2. The maximum Gasteiger partial charge on any atom is 0.253 e. The summed E-state index contributed by atoms with van der Waals surface area (Å²) in [7, 11) is 1.54. The van der Waals surface area contributed by atoms with Gasteiger partial charge in [-0.15, -0.1) is 0 Å². The molecule has 2 aromatic rings. The van der Waals surface area contributed by atoms with Crippen LogP contribution in [0, 0.1) is 0 Å². The van der Waals surface area contributed by atoms with Crippen LogP contribution in [0.4, 0.5) is 5.69 Å². The highest BCUT2D eigenvalue weighted by Crippen LogP contribution is 2.19. The average Bonchev–Trinajstić information content (AvgIpc) is 2.89. The number of nitrogens with one attached hydrogen (secondary N) is 2. The fraction of sp³-hybridized carbons (Fsp3) is 0.167. The van der Waals surface area contributed by atoms with E-state index in [-0.39, 0.29) is 5.91 Å². The van der Waals surface area contributed by atoms with Gasteiger partial charge in [-0.05, 0) is 18.2 Å². The van der Waals surface area contributed by atoms with Crippen LogP contribution in [0.25, 0.3) is 0 Å². The third kappa shape index (κ3) is 2.60. The van der Waals surface area contributed by atoms with Gasteiger partial charge < -0.3 is 20.8 Å². The highest BCUT2D eigenvalue weighted by molar-refractivity contribution is 5.99. The van der Waals surface area contributed by atoms with E-state index >= 15 is 0 Å². The summed E-state index contributed by atoms with van der Waals surface area (Å²) in [6, 6.07) is 4.95. The molecule has 0 saturated heterocycles. The number of anilines is 1. The van der Waals surface area contributed by atoms with Crippen LogP contribution in [0.5, 0.6) is 5.75 Å². The SMILES string of the molecule is COc1ccc(N)c(C(=O)NCc2ncc[nH]2)c1. The predicted octanol–water partition coefficient (Wildman–Crippen LogP) is 0.930. The number of carbonyl (C=O) groups excluding carboxylic acids is 1. The van der Waals surface area contributed by atoms with Crippen LogP contribution in [0.3, 0.4) is 0 Å². The normalized spacial score (nSPS) is 10.1. The zero-order valence-corrected chi connectivity index (χ0v) is 9.93. The molecule has 2 rings (SSSR count). The topological polar surface area (TPSA) is 93.0 Å². The second kappa shape index (κ2) is 5.22. The summed E-state index contributed by atoms with van der Waals surface area (Å²) in [6.07, 6.45) is 3.32. The van der Waals surface area contributed by atoms with Gasteiger partial charge in [-0.1, -0.05) is 0 Å². The molecule has 1 aromatic heterocycles. The van der Waals surface area contributed by atoms with Crippen molar-refractivity contribution in [3.8, 4) is 5.75 Å². The number of hydrogen-bond acceptors (Lipinski definition) is 4. The minimum Gasteiger partial charge on any atom is -0.497 e. The quantitative estimate of drug-likeness (QED) is 0.700. The van der Waals surface area contributed by atoms with Crippen LogP contribution >= 0.6 is 0 Å². The van der Waals surface area contributed by atoms with Crippen molar-refractivity contribution in [2.45, 2.75) is 6.54 Å². The van der Waals surface area contributed by atoms with Gasteiger partial charge in [0.15, 0.2) is 0 Å². The van der Waals surface area contributed by atoms with Gasteiger partial charge in [-0.25, -0.2) is 4.98 Å². The Labute approximate surface area is 104 Å². The van der Waals surface area contributed by atoms with Crippen LogP contribution in [-0.4, -0.2) is 23.0 Å². The lowest BCUT2D eigenvalue weighted by Crippen LogP contribution is -2.24. The number of ether oxygens (including phenoxy) is 1. The molecule has 0 aliphatic carbocycles. The number of aromatic amines is 1. The molecule has 0 bridgehead atoms. The number of methoxy groups -OCH3 is 1. The highest BCUT2D eigenvalue weighted by Gasteiger charge is 2.11. The summed E-state index contributed by atoms with van der Waals surface area (Å²) in [4.78, 5) is 18.9. The Balaban J connectivity index is 2.08. The molecule has 0 fully saturated rings. The van der Waals surface area contributed by atoms with E-state index in [4.69, 9.17) is 10.5 Å². The summed E-state index contributed by atoms with van der Waals surface area (Å²) in [5.74, 6) is 1.01. The van der Waals surface area contributed by atoms with Crippen molar-refractivity contribution in [3.63, 3.8) is 0 Å². The number of H-pyrrole nitrogens is 1. The van der Waals surface area contributed by atoms with Gasteiger partial charge in [0.05, 0.1) is 19.2 Å². The van der Waals surface area contributed by atoms with Gasteiger partial charge in [0.25, 0.3) is 5.91 Å². The number of amides is 1. The molecule has 18 heavy (non-hydrogen) atoms. The summed E-state index contributed by atoms with van der Waals surface area (Å²) in [6.45, 7) is 0.322. The van der Waals surface area contributed by atoms with Crippen molar-refractivity contribution >= 4 is 11.6 Å². The van der Waals surface area contributed by atoms with E-state index in [1.807, 2.05) is 0 Å². The summed E-state index contributed by atoms with van der Waals surface area (Å²) in [5.41, 5.74) is 6.55. The maximum atomic E-state index is 11.9. The molecule has 94 valence electrons. The molecule has 0 radical (unpaired) electrons. The second-order valence-electron chi connectivity index (χ2n) is 3.67. The summed E-state index contributed by atoms with van der Waals surface area (Å²) in [5, 5.41) is 2.73. The first-order valence-electron chi connectivity index (χ1n) is 5.40. The Morgan fingerprint density at radius 2 is 2.39 bits per heavy atom. The Hall–Kier alpha value is -2.50. The lowest BCUT2D eigenvalue weighted by Gasteiger charge is -2.08. The van der Waals surface area contributed by atoms with Crippen LogP contribution < -0.4 is 15.8 Å². The minimum atomic E-state index is -0.261. The number of aromatic nitrogens is 2. The molecule has 0 unspecified atom stereocenters. The van der Waals surface area contributed by atoms with Crippen molar-refractivity contribution in [2.24, 2.45) is 0 Å². The Morgan fingerprint density at radius 1 is 1.56 bits per heavy atom. The van der Waals surface area contributed by atoms with Crippen molar-refractivity contribution < 1.29 is 9.53 Å². The monoisotopic (exact) mass is 246 g/mol. The smallest absolute Gasteiger partial charge is 0.253 e. The van der Waals surface area contributed by atoms with Gasteiger partial charge >= 0.3 is 0 Å². The number of benzene rings is 1. The van der Waals surface area contributed by atoms with Gasteiger partial charge in [0.1, 0.15) is 11.6 Å². The molecule has 6 heteroatoms. The predicted molar refractivity (Wildman–Crippen MR) is 67.2 cm³/mol. The number of carbonyl (C=O) groups is 1. The number of rotatable bonds is 4. The second-order valence-corrected chi connectivity index (χ2v) is 3.67.